The van der Waals surface area contributed by atoms with Gasteiger partial charge in [-0.1, -0.05) is 0 Å². The minimum Gasteiger partial charge on any atom is -0.379 e. The molecule has 0 aromatic carbocycles. The van der Waals surface area contributed by atoms with Crippen molar-refractivity contribution in [3.63, 3.8) is 0 Å². The van der Waals surface area contributed by atoms with E-state index in [-0.39, 0.29) is 0 Å². The second-order valence-corrected chi connectivity index (χ2v) is 3.75. The summed E-state index contributed by atoms with van der Waals surface area (Å²) < 4.78 is 5.27. The van der Waals surface area contributed by atoms with Gasteiger partial charge in [-0.05, 0) is 12.2 Å². The molecule has 6 heteroatoms. The highest BCUT2D eigenvalue weighted by atomic mass is 32.1. The Morgan fingerprint density at radius 3 is 2.71 bits per heavy atom. The summed E-state index contributed by atoms with van der Waals surface area (Å²) in [5.74, 6) is 0. The fourth-order valence-electron chi connectivity index (χ4n) is 1.55. The van der Waals surface area contributed by atoms with E-state index < -0.39 is 0 Å². The Morgan fingerprint density at radius 2 is 2.07 bits per heavy atom. The predicted molar refractivity (Wildman–Crippen MR) is 56.3 cm³/mol. The average molecular weight is 214 g/mol. The number of hydrogen-bond acceptors (Lipinski definition) is 4. The summed E-state index contributed by atoms with van der Waals surface area (Å²) in [6.07, 6.45) is 0. The molecule has 0 N–H and O–H groups in total. The summed E-state index contributed by atoms with van der Waals surface area (Å²) in [6.45, 7) is 6.31. The normalized spacial score (nSPS) is 23.4. The van der Waals surface area contributed by atoms with Crippen molar-refractivity contribution < 1.29 is 4.74 Å². The molecule has 0 saturated carbocycles. The smallest absolute Gasteiger partial charge is 0.217 e. The summed E-state index contributed by atoms with van der Waals surface area (Å²) in [7, 11) is 0. The molecule has 2 aliphatic heterocycles. The molecule has 0 aliphatic carbocycles. The van der Waals surface area contributed by atoms with Crippen molar-refractivity contribution in [3.05, 3.63) is 0 Å². The van der Waals surface area contributed by atoms with Crippen LogP contribution >= 0.6 is 12.2 Å². The SMILES string of the molecule is S=C1N=NCN1CCN1CCOCC1. The third-order valence-corrected chi connectivity index (χ3v) is 2.79. The lowest BCUT2D eigenvalue weighted by Gasteiger charge is -2.28. The Kier molecular flexibility index (Phi) is 3.39. The van der Waals surface area contributed by atoms with Crippen molar-refractivity contribution in [3.8, 4) is 0 Å². The Bertz CT molecular complexity index is 239. The van der Waals surface area contributed by atoms with Gasteiger partial charge < -0.3 is 9.64 Å². The zero-order valence-corrected chi connectivity index (χ0v) is 8.87. The average Bonchev–Trinajstić information content (AvgIpc) is 2.63. The quantitative estimate of drug-likeness (QED) is 0.635. The molecule has 0 bridgehead atoms. The molecule has 2 aliphatic rings. The number of morpholine rings is 1. The van der Waals surface area contributed by atoms with Gasteiger partial charge in [0.25, 0.3) is 0 Å². The van der Waals surface area contributed by atoms with E-state index in [1.54, 1.807) is 0 Å². The molecule has 5 nitrogen and oxygen atoms in total. The first-order chi connectivity index (χ1) is 6.86. The first-order valence-electron chi connectivity index (χ1n) is 4.83. The summed E-state index contributed by atoms with van der Waals surface area (Å²) in [5.41, 5.74) is 0. The van der Waals surface area contributed by atoms with Crippen LogP contribution in [0.25, 0.3) is 0 Å². The maximum Gasteiger partial charge on any atom is 0.217 e. The zero-order chi connectivity index (χ0) is 9.80. The van der Waals surface area contributed by atoms with Gasteiger partial charge in [0, 0.05) is 26.2 Å². The van der Waals surface area contributed by atoms with Crippen LogP contribution in [0, 0.1) is 0 Å². The van der Waals surface area contributed by atoms with Crippen LogP contribution in [-0.2, 0) is 4.74 Å². The second kappa shape index (κ2) is 4.77. The molecule has 0 radical (unpaired) electrons. The van der Waals surface area contributed by atoms with E-state index in [0.29, 0.717) is 11.8 Å². The fraction of sp³-hybridized carbons (Fsp3) is 0.875. The van der Waals surface area contributed by atoms with Crippen molar-refractivity contribution in [2.75, 3.05) is 46.1 Å². The number of hydrogen-bond donors (Lipinski definition) is 0. The predicted octanol–water partition coefficient (Wildman–Crippen LogP) is 0.329. The minimum atomic E-state index is 0.623. The molecule has 1 saturated heterocycles. The van der Waals surface area contributed by atoms with E-state index in [4.69, 9.17) is 17.0 Å². The molecular formula is C8H14N4OS. The lowest BCUT2D eigenvalue weighted by molar-refractivity contribution is 0.0362. The van der Waals surface area contributed by atoms with Gasteiger partial charge in [0.15, 0.2) is 0 Å². The Labute approximate surface area is 88.7 Å². The number of azo groups is 1. The number of nitrogens with zero attached hydrogens (tertiary/aromatic N) is 4. The van der Waals surface area contributed by atoms with Gasteiger partial charge in [-0.3, -0.25) is 4.90 Å². The Morgan fingerprint density at radius 1 is 1.29 bits per heavy atom. The minimum absolute atomic E-state index is 0.623. The molecule has 2 heterocycles. The molecule has 2 rings (SSSR count). The second-order valence-electron chi connectivity index (χ2n) is 3.38. The van der Waals surface area contributed by atoms with E-state index in [1.807, 2.05) is 4.90 Å². The largest absolute Gasteiger partial charge is 0.379 e. The van der Waals surface area contributed by atoms with E-state index in [1.165, 1.54) is 0 Å². The molecule has 0 atom stereocenters. The van der Waals surface area contributed by atoms with Crippen LogP contribution in [0.4, 0.5) is 0 Å². The Hall–Kier alpha value is -0.590. The van der Waals surface area contributed by atoms with Crippen molar-refractivity contribution in [2.24, 2.45) is 10.2 Å². The fourth-order valence-corrected chi connectivity index (χ4v) is 1.75. The van der Waals surface area contributed by atoms with Gasteiger partial charge in [-0.15, -0.1) is 5.11 Å². The van der Waals surface area contributed by atoms with Gasteiger partial charge in [-0.25, -0.2) is 0 Å². The maximum atomic E-state index is 5.27. The molecule has 1 fully saturated rings. The first kappa shape index (κ1) is 9.95. The Balaban J connectivity index is 1.68. The molecule has 0 amide bonds. The number of ether oxygens (including phenoxy) is 1. The van der Waals surface area contributed by atoms with Crippen LogP contribution in [0.1, 0.15) is 0 Å². The van der Waals surface area contributed by atoms with Crippen LogP contribution in [0.5, 0.6) is 0 Å². The van der Waals surface area contributed by atoms with Crippen LogP contribution in [-0.4, -0.2) is 61.0 Å². The molecule has 14 heavy (non-hydrogen) atoms. The molecule has 0 spiro atoms. The lowest BCUT2D eigenvalue weighted by atomic mass is 10.4. The zero-order valence-electron chi connectivity index (χ0n) is 8.06. The van der Waals surface area contributed by atoms with Crippen molar-refractivity contribution in [1.29, 1.82) is 0 Å². The van der Waals surface area contributed by atoms with Crippen molar-refractivity contribution in [1.82, 2.24) is 9.80 Å². The summed E-state index contributed by atoms with van der Waals surface area (Å²) in [5, 5.41) is 8.32. The summed E-state index contributed by atoms with van der Waals surface area (Å²) in [4.78, 5) is 4.40. The number of rotatable bonds is 3. The highest BCUT2D eigenvalue weighted by molar-refractivity contribution is 7.80. The lowest BCUT2D eigenvalue weighted by Crippen LogP contribution is -2.41. The molecule has 0 aromatic rings. The first-order valence-corrected chi connectivity index (χ1v) is 5.23. The van der Waals surface area contributed by atoms with E-state index in [0.717, 1.165) is 39.4 Å². The van der Waals surface area contributed by atoms with Gasteiger partial charge >= 0.3 is 0 Å². The standard InChI is InChI=1S/C8H14N4OS/c14-8-10-9-7-12(8)2-1-11-3-5-13-6-4-11/h1-7H2. The third kappa shape index (κ3) is 2.46. The third-order valence-electron chi connectivity index (χ3n) is 2.45. The molecule has 0 unspecified atom stereocenters. The summed E-state index contributed by atoms with van der Waals surface area (Å²) >= 11 is 5.03. The van der Waals surface area contributed by atoms with Crippen LogP contribution in [0.15, 0.2) is 10.2 Å². The maximum absolute atomic E-state index is 5.27. The molecule has 78 valence electrons. The van der Waals surface area contributed by atoms with Gasteiger partial charge in [-0.2, -0.15) is 5.11 Å². The van der Waals surface area contributed by atoms with Crippen LogP contribution in [0.2, 0.25) is 0 Å². The van der Waals surface area contributed by atoms with Gasteiger partial charge in [0.05, 0.1) is 13.2 Å². The topological polar surface area (TPSA) is 40.4 Å². The van der Waals surface area contributed by atoms with Crippen molar-refractivity contribution in [2.45, 2.75) is 0 Å². The van der Waals surface area contributed by atoms with E-state index in [9.17, 15) is 0 Å². The monoisotopic (exact) mass is 214 g/mol. The molecule has 0 aromatic heterocycles. The number of thiocarbonyl (C=S) groups is 1. The van der Waals surface area contributed by atoms with E-state index >= 15 is 0 Å². The van der Waals surface area contributed by atoms with Crippen LogP contribution in [0.3, 0.4) is 0 Å². The van der Waals surface area contributed by atoms with Gasteiger partial charge in [0.1, 0.15) is 6.67 Å². The molecular weight excluding hydrogens is 200 g/mol. The van der Waals surface area contributed by atoms with Crippen LogP contribution < -0.4 is 0 Å². The van der Waals surface area contributed by atoms with Crippen molar-refractivity contribution >= 4 is 17.3 Å². The van der Waals surface area contributed by atoms with E-state index in [2.05, 4.69) is 15.1 Å². The van der Waals surface area contributed by atoms with Gasteiger partial charge in [0.2, 0.25) is 5.11 Å². The highest BCUT2D eigenvalue weighted by Gasteiger charge is 2.16. The highest BCUT2D eigenvalue weighted by Crippen LogP contribution is 2.04. The summed E-state index contributed by atoms with van der Waals surface area (Å²) in [6, 6.07) is 0.